The number of hydrogen-bond donors (Lipinski definition) is 2. The summed E-state index contributed by atoms with van der Waals surface area (Å²) in [5.74, 6) is 0.149. The molecule has 4 rings (SSSR count). The van der Waals surface area contributed by atoms with E-state index in [9.17, 15) is 14.4 Å². The number of amides is 2. The Kier molecular flexibility index (Phi) is 9.05. The van der Waals surface area contributed by atoms with E-state index in [1.165, 1.54) is 17.4 Å². The monoisotopic (exact) mass is 538 g/mol. The van der Waals surface area contributed by atoms with E-state index in [1.54, 1.807) is 93.1 Å². The maximum absolute atomic E-state index is 13.1. The summed E-state index contributed by atoms with van der Waals surface area (Å²) >= 11 is 1.44. The molecule has 0 saturated heterocycles. The molecule has 0 aliphatic heterocycles. The second-order valence-corrected chi connectivity index (χ2v) is 9.21. The normalized spacial score (nSPS) is 11.2. The number of carbonyl (C=O) groups is 3. The molecule has 0 atom stereocenters. The van der Waals surface area contributed by atoms with Crippen molar-refractivity contribution in [2.24, 2.45) is 0 Å². The molecule has 8 heteroatoms. The lowest BCUT2D eigenvalue weighted by atomic mass is 10.1. The first-order valence-electron chi connectivity index (χ1n) is 11.9. The van der Waals surface area contributed by atoms with E-state index >= 15 is 0 Å². The zero-order chi connectivity index (χ0) is 27.6. The average molecular weight is 539 g/mol. The van der Waals surface area contributed by atoms with Gasteiger partial charge in [-0.3, -0.25) is 14.4 Å². The second kappa shape index (κ2) is 13.0. The molecule has 2 amide bonds. The quantitative estimate of drug-likeness (QED) is 0.189. The number of anilines is 1. The molecule has 196 valence electrons. The van der Waals surface area contributed by atoms with Crippen LogP contribution in [0.1, 0.15) is 31.2 Å². The maximum atomic E-state index is 13.1. The Hall–Kier alpha value is -4.95. The topological polar surface area (TPSA) is 93.7 Å². The van der Waals surface area contributed by atoms with Crippen LogP contribution in [-0.2, 0) is 4.79 Å². The number of allylic oxidation sites excluding steroid dienone is 1. The van der Waals surface area contributed by atoms with Crippen molar-refractivity contribution in [3.63, 3.8) is 0 Å². The molecular weight excluding hydrogens is 512 g/mol. The van der Waals surface area contributed by atoms with Gasteiger partial charge >= 0.3 is 0 Å². The van der Waals surface area contributed by atoms with Crippen molar-refractivity contribution in [3.05, 3.63) is 124 Å². The van der Waals surface area contributed by atoms with Gasteiger partial charge in [0.15, 0.2) is 5.78 Å². The number of ether oxygens (including phenoxy) is 2. The van der Waals surface area contributed by atoms with Crippen LogP contribution in [0.5, 0.6) is 11.5 Å². The Bertz CT molecular complexity index is 1510. The van der Waals surface area contributed by atoms with Gasteiger partial charge in [-0.05, 0) is 78.2 Å². The third-order valence-corrected chi connectivity index (χ3v) is 6.46. The minimum Gasteiger partial charge on any atom is -0.497 e. The van der Waals surface area contributed by atoms with Crippen LogP contribution >= 0.6 is 11.3 Å². The van der Waals surface area contributed by atoms with Crippen molar-refractivity contribution in [1.82, 2.24) is 5.32 Å². The summed E-state index contributed by atoms with van der Waals surface area (Å²) in [5, 5.41) is 7.38. The van der Waals surface area contributed by atoms with Gasteiger partial charge in [-0.15, -0.1) is 11.3 Å². The summed E-state index contributed by atoms with van der Waals surface area (Å²) in [6.45, 7) is 0. The Morgan fingerprint density at radius 3 is 2.26 bits per heavy atom. The summed E-state index contributed by atoms with van der Waals surface area (Å²) in [6, 6.07) is 24.2. The van der Waals surface area contributed by atoms with E-state index < -0.39 is 11.8 Å². The van der Waals surface area contributed by atoms with Crippen molar-refractivity contribution < 1.29 is 23.9 Å². The molecule has 0 bridgehead atoms. The molecule has 2 N–H and O–H groups in total. The van der Waals surface area contributed by atoms with Gasteiger partial charge < -0.3 is 20.1 Å². The Balaban J connectivity index is 1.45. The predicted molar refractivity (Wildman–Crippen MR) is 154 cm³/mol. The lowest BCUT2D eigenvalue weighted by molar-refractivity contribution is -0.113. The van der Waals surface area contributed by atoms with Crippen molar-refractivity contribution in [1.29, 1.82) is 0 Å². The highest BCUT2D eigenvalue weighted by Gasteiger charge is 2.15. The van der Waals surface area contributed by atoms with Crippen LogP contribution < -0.4 is 20.1 Å². The van der Waals surface area contributed by atoms with Gasteiger partial charge in [-0.1, -0.05) is 24.3 Å². The Morgan fingerprint density at radius 2 is 1.59 bits per heavy atom. The van der Waals surface area contributed by atoms with E-state index in [0.29, 0.717) is 28.3 Å². The van der Waals surface area contributed by atoms with Crippen molar-refractivity contribution in [2.45, 2.75) is 0 Å². The molecule has 0 fully saturated rings. The van der Waals surface area contributed by atoms with Crippen LogP contribution in [0.25, 0.3) is 12.2 Å². The van der Waals surface area contributed by atoms with Crippen molar-refractivity contribution in [2.75, 3.05) is 19.5 Å². The van der Waals surface area contributed by atoms with Gasteiger partial charge in [0.25, 0.3) is 11.8 Å². The van der Waals surface area contributed by atoms with E-state index in [-0.39, 0.29) is 11.5 Å². The first-order valence-corrected chi connectivity index (χ1v) is 12.8. The molecule has 39 heavy (non-hydrogen) atoms. The molecule has 0 spiro atoms. The first kappa shape index (κ1) is 27.1. The number of benzene rings is 3. The van der Waals surface area contributed by atoms with Crippen LogP contribution in [0.15, 0.2) is 102 Å². The highest BCUT2D eigenvalue weighted by molar-refractivity contribution is 7.10. The molecule has 3 aromatic carbocycles. The summed E-state index contributed by atoms with van der Waals surface area (Å²) < 4.78 is 10.6. The summed E-state index contributed by atoms with van der Waals surface area (Å²) in [7, 11) is 3.12. The number of nitrogens with one attached hydrogen (secondary N) is 2. The number of carbonyl (C=O) groups excluding carboxylic acids is 3. The van der Waals surface area contributed by atoms with Crippen LogP contribution in [0.3, 0.4) is 0 Å². The predicted octanol–water partition coefficient (Wildman–Crippen LogP) is 6.07. The van der Waals surface area contributed by atoms with Crippen LogP contribution in [-0.4, -0.2) is 31.8 Å². The number of hydrogen-bond acceptors (Lipinski definition) is 6. The molecular formula is C31H26N2O5S. The van der Waals surface area contributed by atoms with Gasteiger partial charge in [0.05, 0.1) is 14.2 Å². The number of ketones is 1. The van der Waals surface area contributed by atoms with E-state index in [4.69, 9.17) is 9.47 Å². The first-order chi connectivity index (χ1) is 19.0. The molecule has 7 nitrogen and oxygen atoms in total. The third kappa shape index (κ3) is 7.30. The number of rotatable bonds is 10. The van der Waals surface area contributed by atoms with Crippen LogP contribution in [0, 0.1) is 0 Å². The maximum Gasteiger partial charge on any atom is 0.272 e. The Labute approximate surface area is 230 Å². The Morgan fingerprint density at radius 1 is 0.821 bits per heavy atom. The molecule has 1 heterocycles. The fraction of sp³-hybridized carbons (Fsp3) is 0.0645. The van der Waals surface area contributed by atoms with Crippen LogP contribution in [0.2, 0.25) is 0 Å². The van der Waals surface area contributed by atoms with Crippen molar-refractivity contribution in [3.8, 4) is 11.5 Å². The lowest BCUT2D eigenvalue weighted by Crippen LogP contribution is -2.30. The molecule has 0 unspecified atom stereocenters. The largest absolute Gasteiger partial charge is 0.497 e. The van der Waals surface area contributed by atoms with Gasteiger partial charge in [-0.25, -0.2) is 0 Å². The smallest absolute Gasteiger partial charge is 0.272 e. The summed E-state index contributed by atoms with van der Waals surface area (Å²) in [4.78, 5) is 39.3. The minimum absolute atomic E-state index is 0.0998. The zero-order valence-corrected chi connectivity index (χ0v) is 22.2. The minimum atomic E-state index is -0.488. The zero-order valence-electron chi connectivity index (χ0n) is 21.3. The van der Waals surface area contributed by atoms with E-state index in [2.05, 4.69) is 10.6 Å². The molecule has 4 aromatic rings. The standard InChI is InChI=1S/C31H26N2O5S/c1-37-25-16-12-22(29(19-25)38-2)13-17-28(34)21-10-14-24(15-11-21)32-31(36)27(20-26-9-6-18-39-26)33-30(35)23-7-4-3-5-8-23/h3-20H,1-2H3,(H,32,36)(H,33,35)/b17-13+,27-20-. The molecule has 0 aliphatic carbocycles. The SMILES string of the molecule is COc1ccc(/C=C/C(=O)c2ccc(NC(=O)/C(=C/c3cccs3)NC(=O)c3ccccc3)cc2)c(OC)c1. The number of thiophene rings is 1. The van der Waals surface area contributed by atoms with Gasteiger partial charge in [0.1, 0.15) is 17.2 Å². The molecule has 0 aliphatic rings. The van der Waals surface area contributed by atoms with E-state index in [1.807, 2.05) is 23.6 Å². The fourth-order valence-electron chi connectivity index (χ4n) is 3.59. The average Bonchev–Trinajstić information content (AvgIpc) is 3.49. The second-order valence-electron chi connectivity index (χ2n) is 8.23. The van der Waals surface area contributed by atoms with Gasteiger partial charge in [0, 0.05) is 33.3 Å². The van der Waals surface area contributed by atoms with Gasteiger partial charge in [-0.2, -0.15) is 0 Å². The van der Waals surface area contributed by atoms with Crippen molar-refractivity contribution >= 4 is 46.8 Å². The van der Waals surface area contributed by atoms with E-state index in [0.717, 1.165) is 10.4 Å². The van der Waals surface area contributed by atoms with Crippen LogP contribution in [0.4, 0.5) is 5.69 Å². The molecule has 0 saturated carbocycles. The highest BCUT2D eigenvalue weighted by Crippen LogP contribution is 2.26. The van der Waals surface area contributed by atoms with Gasteiger partial charge in [0.2, 0.25) is 0 Å². The lowest BCUT2D eigenvalue weighted by Gasteiger charge is -2.11. The highest BCUT2D eigenvalue weighted by atomic mass is 32.1. The number of methoxy groups -OCH3 is 2. The summed E-state index contributed by atoms with van der Waals surface area (Å²) in [5.41, 5.74) is 2.19. The fourth-order valence-corrected chi connectivity index (χ4v) is 4.25. The third-order valence-electron chi connectivity index (χ3n) is 5.64. The molecule has 1 aromatic heterocycles. The molecule has 0 radical (unpaired) electrons. The summed E-state index contributed by atoms with van der Waals surface area (Å²) in [6.07, 6.45) is 4.75.